The number of nitrogens with zero attached hydrogens (tertiary/aromatic N) is 4. The molecule has 1 amide bonds. The SMILES string of the molecule is COc1ccc(Cc2nn(CC(=O)N/N=C/c3ccc(C)cc3)c(=O)c3c(C)noc23)cc1. The molecule has 2 heterocycles. The highest BCUT2D eigenvalue weighted by atomic mass is 16.5. The number of ether oxygens (including phenoxy) is 1. The van der Waals surface area contributed by atoms with Crippen LogP contribution in [0, 0.1) is 13.8 Å². The minimum Gasteiger partial charge on any atom is -0.497 e. The van der Waals surface area contributed by atoms with Crippen molar-refractivity contribution in [1.82, 2.24) is 20.4 Å². The number of hydrogen-bond donors (Lipinski definition) is 1. The number of hydrogen-bond acceptors (Lipinski definition) is 7. The van der Waals surface area contributed by atoms with Crippen molar-refractivity contribution in [3.05, 3.63) is 87.0 Å². The van der Waals surface area contributed by atoms with Crippen LogP contribution in [0.4, 0.5) is 0 Å². The summed E-state index contributed by atoms with van der Waals surface area (Å²) in [7, 11) is 1.60. The number of aryl methyl sites for hydroxylation is 2. The van der Waals surface area contributed by atoms with Gasteiger partial charge in [0.1, 0.15) is 23.4 Å². The monoisotopic (exact) mass is 445 g/mol. The van der Waals surface area contributed by atoms with E-state index in [1.165, 1.54) is 6.21 Å². The lowest BCUT2D eigenvalue weighted by Crippen LogP contribution is -2.32. The fourth-order valence-electron chi connectivity index (χ4n) is 3.35. The van der Waals surface area contributed by atoms with Crippen LogP contribution in [0.3, 0.4) is 0 Å². The fraction of sp³-hybridized carbons (Fsp3) is 0.208. The maximum absolute atomic E-state index is 12.9. The van der Waals surface area contributed by atoms with Gasteiger partial charge in [0, 0.05) is 6.42 Å². The largest absolute Gasteiger partial charge is 0.497 e. The molecule has 168 valence electrons. The topological polar surface area (TPSA) is 112 Å². The fourth-order valence-corrected chi connectivity index (χ4v) is 3.35. The number of benzene rings is 2. The van der Waals surface area contributed by atoms with E-state index >= 15 is 0 Å². The van der Waals surface area contributed by atoms with Crippen LogP contribution < -0.4 is 15.7 Å². The molecule has 2 aromatic heterocycles. The predicted molar refractivity (Wildman–Crippen MR) is 124 cm³/mol. The summed E-state index contributed by atoms with van der Waals surface area (Å²) in [6.07, 6.45) is 1.93. The van der Waals surface area contributed by atoms with E-state index < -0.39 is 11.5 Å². The molecule has 0 aliphatic rings. The molecule has 0 bridgehead atoms. The molecule has 9 nitrogen and oxygen atoms in total. The molecule has 1 N–H and O–H groups in total. The Morgan fingerprint density at radius 2 is 1.88 bits per heavy atom. The first-order valence-corrected chi connectivity index (χ1v) is 10.3. The van der Waals surface area contributed by atoms with Crippen LogP contribution in [0.1, 0.15) is 28.1 Å². The van der Waals surface area contributed by atoms with E-state index in [0.29, 0.717) is 28.8 Å². The Bertz CT molecular complexity index is 1370. The number of nitrogens with one attached hydrogen (secondary N) is 1. The highest BCUT2D eigenvalue weighted by molar-refractivity contribution is 5.83. The number of carbonyl (C=O) groups excluding carboxylic acids is 1. The molecule has 0 fully saturated rings. The quantitative estimate of drug-likeness (QED) is 0.346. The lowest BCUT2D eigenvalue weighted by molar-refractivity contribution is -0.121. The molecule has 0 saturated carbocycles. The number of fused-ring (bicyclic) bond motifs is 1. The van der Waals surface area contributed by atoms with E-state index in [-0.39, 0.29) is 6.54 Å². The molecule has 0 aliphatic carbocycles. The summed E-state index contributed by atoms with van der Waals surface area (Å²) >= 11 is 0. The first-order valence-electron chi connectivity index (χ1n) is 10.3. The van der Waals surface area contributed by atoms with Crippen LogP contribution in [0.5, 0.6) is 5.75 Å². The van der Waals surface area contributed by atoms with Crippen LogP contribution in [0.25, 0.3) is 11.0 Å². The summed E-state index contributed by atoms with van der Waals surface area (Å²) in [5, 5.41) is 12.6. The summed E-state index contributed by atoms with van der Waals surface area (Å²) in [4.78, 5) is 25.4. The van der Waals surface area contributed by atoms with Gasteiger partial charge in [-0.3, -0.25) is 9.59 Å². The average molecular weight is 445 g/mol. The van der Waals surface area contributed by atoms with Crippen LogP contribution >= 0.6 is 0 Å². The maximum atomic E-state index is 12.9. The summed E-state index contributed by atoms with van der Waals surface area (Å²) in [5.41, 5.74) is 6.18. The number of aromatic nitrogens is 3. The van der Waals surface area contributed by atoms with Gasteiger partial charge < -0.3 is 9.26 Å². The zero-order chi connectivity index (χ0) is 23.4. The summed E-state index contributed by atoms with van der Waals surface area (Å²) in [5.74, 6) is 0.261. The Kier molecular flexibility index (Phi) is 6.30. The van der Waals surface area contributed by atoms with E-state index in [4.69, 9.17) is 9.26 Å². The van der Waals surface area contributed by atoms with Gasteiger partial charge in [0.25, 0.3) is 11.5 Å². The van der Waals surface area contributed by atoms with Gasteiger partial charge in [-0.05, 0) is 37.1 Å². The maximum Gasteiger partial charge on any atom is 0.280 e. The van der Waals surface area contributed by atoms with Crippen molar-refractivity contribution in [3.8, 4) is 5.75 Å². The lowest BCUT2D eigenvalue weighted by atomic mass is 10.1. The molecule has 0 saturated heterocycles. The van der Waals surface area contributed by atoms with E-state index in [2.05, 4.69) is 20.8 Å². The Hall–Kier alpha value is -4.27. The normalized spacial score (nSPS) is 11.2. The Morgan fingerprint density at radius 3 is 2.58 bits per heavy atom. The van der Waals surface area contributed by atoms with E-state index in [0.717, 1.165) is 27.1 Å². The Labute approximate surface area is 189 Å². The van der Waals surface area contributed by atoms with Crippen LogP contribution in [0.15, 0.2) is 62.9 Å². The summed E-state index contributed by atoms with van der Waals surface area (Å²) in [6, 6.07) is 15.2. The molecule has 4 rings (SSSR count). The molecule has 0 aliphatic heterocycles. The Balaban J connectivity index is 1.56. The summed E-state index contributed by atoms with van der Waals surface area (Å²) in [6.45, 7) is 3.38. The van der Waals surface area contributed by atoms with Gasteiger partial charge in [-0.15, -0.1) is 0 Å². The molecule has 9 heteroatoms. The van der Waals surface area contributed by atoms with E-state index in [9.17, 15) is 9.59 Å². The third-order valence-electron chi connectivity index (χ3n) is 5.12. The molecular formula is C24H23N5O4. The number of amides is 1. The number of rotatable bonds is 7. The van der Waals surface area contributed by atoms with Gasteiger partial charge in [-0.1, -0.05) is 47.1 Å². The van der Waals surface area contributed by atoms with Gasteiger partial charge in [0.05, 0.1) is 19.0 Å². The second-order valence-electron chi connectivity index (χ2n) is 7.61. The molecule has 0 atom stereocenters. The van der Waals surface area contributed by atoms with Gasteiger partial charge in [-0.2, -0.15) is 10.2 Å². The predicted octanol–water partition coefficient (Wildman–Crippen LogP) is 2.75. The molecule has 0 radical (unpaired) electrons. The van der Waals surface area contributed by atoms with Gasteiger partial charge in [0.15, 0.2) is 5.58 Å². The minimum absolute atomic E-state index is 0.291. The number of carbonyl (C=O) groups is 1. The van der Waals surface area contributed by atoms with E-state index in [1.54, 1.807) is 14.0 Å². The third-order valence-corrected chi connectivity index (χ3v) is 5.12. The zero-order valence-electron chi connectivity index (χ0n) is 18.5. The standard InChI is InChI=1S/C24H23N5O4/c1-15-4-6-18(7-5-15)13-25-26-21(30)14-29-24(31)22-16(2)28-33-23(22)20(27-29)12-17-8-10-19(32-3)11-9-17/h4-11,13H,12,14H2,1-3H3,(H,26,30)/b25-13+. The minimum atomic E-state index is -0.475. The van der Waals surface area contributed by atoms with Gasteiger partial charge in [-0.25, -0.2) is 10.1 Å². The molecule has 4 aromatic rings. The smallest absolute Gasteiger partial charge is 0.280 e. The highest BCUT2D eigenvalue weighted by Gasteiger charge is 2.19. The average Bonchev–Trinajstić information content (AvgIpc) is 3.21. The molecule has 2 aromatic carbocycles. The van der Waals surface area contributed by atoms with Crippen molar-refractivity contribution in [3.63, 3.8) is 0 Å². The van der Waals surface area contributed by atoms with Crippen LogP contribution in [0.2, 0.25) is 0 Å². The zero-order valence-corrected chi connectivity index (χ0v) is 18.5. The van der Waals surface area contributed by atoms with Crippen molar-refractivity contribution in [2.75, 3.05) is 7.11 Å². The van der Waals surface area contributed by atoms with E-state index in [1.807, 2.05) is 55.5 Å². The van der Waals surface area contributed by atoms with Crippen molar-refractivity contribution in [1.29, 1.82) is 0 Å². The Morgan fingerprint density at radius 1 is 1.15 bits per heavy atom. The second kappa shape index (κ2) is 9.47. The van der Waals surface area contributed by atoms with Crippen molar-refractivity contribution in [2.45, 2.75) is 26.8 Å². The molecule has 0 unspecified atom stereocenters. The first-order chi connectivity index (χ1) is 15.9. The molecule has 0 spiro atoms. The number of hydrazone groups is 1. The van der Waals surface area contributed by atoms with Crippen molar-refractivity contribution >= 4 is 23.1 Å². The molecular weight excluding hydrogens is 422 g/mol. The first kappa shape index (κ1) is 21.9. The van der Waals surface area contributed by atoms with Crippen LogP contribution in [-0.2, 0) is 17.8 Å². The second-order valence-corrected chi connectivity index (χ2v) is 7.61. The number of methoxy groups -OCH3 is 1. The van der Waals surface area contributed by atoms with Gasteiger partial charge in [0.2, 0.25) is 0 Å². The van der Waals surface area contributed by atoms with Crippen molar-refractivity contribution in [2.24, 2.45) is 5.10 Å². The van der Waals surface area contributed by atoms with Crippen molar-refractivity contribution < 1.29 is 14.1 Å². The van der Waals surface area contributed by atoms with Crippen LogP contribution in [-0.4, -0.2) is 34.2 Å². The highest BCUT2D eigenvalue weighted by Crippen LogP contribution is 2.20. The lowest BCUT2D eigenvalue weighted by Gasteiger charge is -2.08. The third kappa shape index (κ3) is 4.98. The van der Waals surface area contributed by atoms with Gasteiger partial charge >= 0.3 is 0 Å². The molecule has 33 heavy (non-hydrogen) atoms. The summed E-state index contributed by atoms with van der Waals surface area (Å²) < 4.78 is 11.7.